The summed E-state index contributed by atoms with van der Waals surface area (Å²) in [7, 11) is 0. The second kappa shape index (κ2) is 9.58. The van der Waals surface area contributed by atoms with Crippen molar-refractivity contribution in [3.63, 3.8) is 0 Å². The molecule has 1 aromatic heterocycles. The van der Waals surface area contributed by atoms with E-state index in [1.54, 1.807) is 0 Å². The summed E-state index contributed by atoms with van der Waals surface area (Å²) in [5.41, 5.74) is 7.57. The van der Waals surface area contributed by atoms with Crippen LogP contribution in [0, 0.1) is 0 Å². The number of aromatic nitrogens is 2. The number of nitrogens with one attached hydrogen (secondary N) is 1. The molecule has 1 aliphatic carbocycles. The van der Waals surface area contributed by atoms with Gasteiger partial charge in [0.2, 0.25) is 0 Å². The molecule has 1 heterocycles. The van der Waals surface area contributed by atoms with E-state index in [0.717, 1.165) is 37.4 Å². The van der Waals surface area contributed by atoms with Crippen LogP contribution in [-0.2, 0) is 12.0 Å². The van der Waals surface area contributed by atoms with Gasteiger partial charge in [0.25, 0.3) is 0 Å². The Bertz CT molecular complexity index is 622. The number of hydrogen-bond donors (Lipinski definition) is 2. The van der Waals surface area contributed by atoms with E-state index in [1.165, 1.54) is 18.4 Å². The Morgan fingerprint density at radius 2 is 2.12 bits per heavy atom. The Morgan fingerprint density at radius 3 is 2.76 bits per heavy atom. The topological polar surface area (TPSA) is 55.9 Å². The zero-order valence-corrected chi connectivity index (χ0v) is 16.1. The molecular formula is C19H28Cl2N4. The first kappa shape index (κ1) is 20.2. The van der Waals surface area contributed by atoms with E-state index in [0.29, 0.717) is 12.6 Å². The van der Waals surface area contributed by atoms with Gasteiger partial charge in [-0.15, -0.1) is 12.4 Å². The standard InChI is InChI=1S/C19H27ClN4.ClH/c20-17-4-1-3-16(13-17)19(14-21)7-5-18(6-8-19)23-9-2-11-24-12-10-22-15-24;/h1,3-4,10,12-13,15,18,23H,2,5-9,11,14,21H2;1H/t18-,19-;. The van der Waals surface area contributed by atoms with Gasteiger partial charge in [-0.3, -0.25) is 0 Å². The molecule has 3 rings (SSSR count). The Balaban J connectivity index is 0.00000225. The van der Waals surface area contributed by atoms with Gasteiger partial charge in [-0.1, -0.05) is 23.7 Å². The van der Waals surface area contributed by atoms with E-state index in [1.807, 2.05) is 30.9 Å². The van der Waals surface area contributed by atoms with Crippen molar-refractivity contribution >= 4 is 24.0 Å². The Hall–Kier alpha value is -1.07. The molecule has 1 aromatic carbocycles. The number of benzene rings is 1. The molecule has 138 valence electrons. The number of hydrogen-bond acceptors (Lipinski definition) is 3. The van der Waals surface area contributed by atoms with E-state index in [-0.39, 0.29) is 17.8 Å². The van der Waals surface area contributed by atoms with Crippen molar-refractivity contribution in [2.45, 2.75) is 50.1 Å². The minimum Gasteiger partial charge on any atom is -0.337 e. The zero-order valence-electron chi connectivity index (χ0n) is 14.5. The SMILES string of the molecule is Cl.NC[C@]1(c2cccc(Cl)c2)CC[C@H](NCCCn2ccnc2)CC1. The molecule has 0 saturated heterocycles. The van der Waals surface area contributed by atoms with Crippen molar-refractivity contribution in [2.24, 2.45) is 5.73 Å². The molecule has 0 atom stereocenters. The normalized spacial score (nSPS) is 23.2. The van der Waals surface area contributed by atoms with Gasteiger partial charge in [0.05, 0.1) is 6.33 Å². The lowest BCUT2D eigenvalue weighted by Gasteiger charge is -2.40. The second-order valence-electron chi connectivity index (χ2n) is 6.88. The van der Waals surface area contributed by atoms with Crippen molar-refractivity contribution in [2.75, 3.05) is 13.1 Å². The molecular weight excluding hydrogens is 355 g/mol. The van der Waals surface area contributed by atoms with Crippen molar-refractivity contribution in [3.05, 3.63) is 53.6 Å². The molecule has 0 aliphatic heterocycles. The summed E-state index contributed by atoms with van der Waals surface area (Å²) in [6.07, 6.45) is 11.5. The van der Waals surface area contributed by atoms with Crippen LogP contribution in [0.3, 0.4) is 0 Å². The van der Waals surface area contributed by atoms with Gasteiger partial charge in [0.15, 0.2) is 0 Å². The summed E-state index contributed by atoms with van der Waals surface area (Å²) < 4.78 is 2.13. The fraction of sp³-hybridized carbons (Fsp3) is 0.526. The van der Waals surface area contributed by atoms with Gasteiger partial charge in [0.1, 0.15) is 0 Å². The van der Waals surface area contributed by atoms with Crippen LogP contribution in [0.1, 0.15) is 37.7 Å². The van der Waals surface area contributed by atoms with Crippen molar-refractivity contribution in [1.82, 2.24) is 14.9 Å². The summed E-state index contributed by atoms with van der Waals surface area (Å²) >= 11 is 6.18. The number of rotatable bonds is 7. The molecule has 0 amide bonds. The smallest absolute Gasteiger partial charge is 0.0945 e. The van der Waals surface area contributed by atoms with Gasteiger partial charge >= 0.3 is 0 Å². The highest BCUT2D eigenvalue weighted by atomic mass is 35.5. The molecule has 1 saturated carbocycles. The highest BCUT2D eigenvalue weighted by Gasteiger charge is 2.35. The molecule has 0 unspecified atom stereocenters. The van der Waals surface area contributed by atoms with Crippen molar-refractivity contribution in [1.29, 1.82) is 0 Å². The Labute approximate surface area is 161 Å². The molecule has 3 N–H and O–H groups in total. The second-order valence-corrected chi connectivity index (χ2v) is 7.31. The van der Waals surface area contributed by atoms with Gasteiger partial charge in [0, 0.05) is 42.0 Å². The summed E-state index contributed by atoms with van der Waals surface area (Å²) in [6, 6.07) is 8.84. The summed E-state index contributed by atoms with van der Waals surface area (Å²) in [4.78, 5) is 4.07. The van der Waals surface area contributed by atoms with Gasteiger partial charge in [-0.25, -0.2) is 4.98 Å². The predicted octanol–water partition coefficient (Wildman–Crippen LogP) is 3.78. The third-order valence-corrected chi connectivity index (χ3v) is 5.59. The maximum Gasteiger partial charge on any atom is 0.0945 e. The average molecular weight is 383 g/mol. The van der Waals surface area contributed by atoms with Gasteiger partial charge < -0.3 is 15.6 Å². The fourth-order valence-electron chi connectivity index (χ4n) is 3.79. The Morgan fingerprint density at radius 1 is 1.32 bits per heavy atom. The minimum absolute atomic E-state index is 0. The number of nitrogens with two attached hydrogens (primary N) is 1. The third kappa shape index (κ3) is 5.20. The molecule has 2 aromatic rings. The predicted molar refractivity (Wildman–Crippen MR) is 107 cm³/mol. The number of imidazole rings is 1. The minimum atomic E-state index is 0. The van der Waals surface area contributed by atoms with E-state index in [4.69, 9.17) is 17.3 Å². The number of halogens is 2. The van der Waals surface area contributed by atoms with Crippen molar-refractivity contribution < 1.29 is 0 Å². The van der Waals surface area contributed by atoms with E-state index in [2.05, 4.69) is 27.0 Å². The van der Waals surface area contributed by atoms with Gasteiger partial charge in [-0.05, 0) is 56.3 Å². The average Bonchev–Trinajstić information content (AvgIpc) is 3.13. The van der Waals surface area contributed by atoms with Crippen LogP contribution in [0.5, 0.6) is 0 Å². The van der Waals surface area contributed by atoms with Crippen LogP contribution in [0.25, 0.3) is 0 Å². The van der Waals surface area contributed by atoms with Crippen molar-refractivity contribution in [3.8, 4) is 0 Å². The Kier molecular flexibility index (Phi) is 7.76. The molecule has 1 fully saturated rings. The maximum atomic E-state index is 6.18. The number of nitrogens with zero attached hydrogens (tertiary/aromatic N) is 2. The quantitative estimate of drug-likeness (QED) is 0.716. The van der Waals surface area contributed by atoms with E-state index in [9.17, 15) is 0 Å². The van der Waals surface area contributed by atoms with E-state index < -0.39 is 0 Å². The molecule has 4 nitrogen and oxygen atoms in total. The molecule has 1 aliphatic rings. The van der Waals surface area contributed by atoms with Crippen LogP contribution in [0.15, 0.2) is 43.0 Å². The lowest BCUT2D eigenvalue weighted by atomic mass is 9.68. The fourth-order valence-corrected chi connectivity index (χ4v) is 3.98. The molecule has 0 spiro atoms. The number of aryl methyl sites for hydroxylation is 1. The molecule has 25 heavy (non-hydrogen) atoms. The third-order valence-electron chi connectivity index (χ3n) is 5.36. The highest BCUT2D eigenvalue weighted by molar-refractivity contribution is 6.30. The van der Waals surface area contributed by atoms with Crippen LogP contribution in [0.4, 0.5) is 0 Å². The molecule has 0 bridgehead atoms. The molecule has 6 heteroatoms. The zero-order chi connectivity index (χ0) is 16.8. The first-order chi connectivity index (χ1) is 11.7. The summed E-state index contributed by atoms with van der Waals surface area (Å²) in [6.45, 7) is 2.77. The van der Waals surface area contributed by atoms with Crippen LogP contribution in [0.2, 0.25) is 5.02 Å². The summed E-state index contributed by atoms with van der Waals surface area (Å²) in [5, 5.41) is 4.51. The van der Waals surface area contributed by atoms with E-state index >= 15 is 0 Å². The molecule has 0 radical (unpaired) electrons. The summed E-state index contributed by atoms with van der Waals surface area (Å²) in [5.74, 6) is 0. The van der Waals surface area contributed by atoms with Gasteiger partial charge in [-0.2, -0.15) is 0 Å². The monoisotopic (exact) mass is 382 g/mol. The van der Waals surface area contributed by atoms with Crippen LogP contribution in [-0.4, -0.2) is 28.7 Å². The maximum absolute atomic E-state index is 6.18. The van der Waals surface area contributed by atoms with Crippen LogP contribution >= 0.6 is 24.0 Å². The first-order valence-corrected chi connectivity index (χ1v) is 9.25. The van der Waals surface area contributed by atoms with Crippen LogP contribution < -0.4 is 11.1 Å². The largest absolute Gasteiger partial charge is 0.337 e. The first-order valence-electron chi connectivity index (χ1n) is 8.87. The highest BCUT2D eigenvalue weighted by Crippen LogP contribution is 2.39. The lowest BCUT2D eigenvalue weighted by Crippen LogP contribution is -2.44. The lowest BCUT2D eigenvalue weighted by molar-refractivity contribution is 0.251.